The van der Waals surface area contributed by atoms with E-state index < -0.39 is 18.4 Å². The predicted molar refractivity (Wildman–Crippen MR) is 183 cm³/mol. The van der Waals surface area contributed by atoms with Gasteiger partial charge in [-0.2, -0.15) is 0 Å². The van der Waals surface area contributed by atoms with Gasteiger partial charge < -0.3 is 35.6 Å². The molecule has 0 saturated carbocycles. The number of nitrogens with two attached hydrogens (primary N) is 3. The van der Waals surface area contributed by atoms with Gasteiger partial charge in [0, 0.05) is 45.1 Å². The third-order valence-electron chi connectivity index (χ3n) is 8.71. The Labute approximate surface area is 279 Å². The number of rotatable bonds is 13. The minimum atomic E-state index is -1.59. The number of aliphatic hydroxyl groups excluding tert-OH is 2. The lowest BCUT2D eigenvalue weighted by atomic mass is 9.91. The van der Waals surface area contributed by atoms with Crippen LogP contribution in [0.2, 0.25) is 10.0 Å². The first-order valence-corrected chi connectivity index (χ1v) is 16.1. The number of H-pyrrole nitrogens is 1. The number of aromatic nitrogens is 1. The van der Waals surface area contributed by atoms with E-state index in [1.807, 2.05) is 68.4 Å². The highest BCUT2D eigenvalue weighted by Crippen LogP contribution is 2.41. The highest BCUT2D eigenvalue weighted by molar-refractivity contribution is 6.31. The van der Waals surface area contributed by atoms with Gasteiger partial charge in [-0.05, 0) is 84.5 Å². The van der Waals surface area contributed by atoms with Crippen LogP contribution in [0, 0.1) is 5.92 Å². The molecule has 9 N–H and O–H groups in total. The molecule has 0 aliphatic carbocycles. The van der Waals surface area contributed by atoms with E-state index in [4.69, 9.17) is 45.4 Å². The lowest BCUT2D eigenvalue weighted by Gasteiger charge is -2.38. The summed E-state index contributed by atoms with van der Waals surface area (Å²) >= 11 is 12.6. The maximum absolute atomic E-state index is 10.6. The van der Waals surface area contributed by atoms with Crippen LogP contribution in [0.15, 0.2) is 78.6 Å². The van der Waals surface area contributed by atoms with Crippen LogP contribution in [-0.2, 0) is 11.3 Å². The summed E-state index contributed by atoms with van der Waals surface area (Å²) in [5.74, 6) is 12.2. The molecule has 10 nitrogen and oxygen atoms in total. The van der Waals surface area contributed by atoms with E-state index >= 15 is 0 Å². The molecule has 0 saturated heterocycles. The molecule has 0 fully saturated rings. The van der Waals surface area contributed by atoms with Crippen LogP contribution in [0.5, 0.6) is 5.75 Å². The number of benzene rings is 3. The van der Waals surface area contributed by atoms with Crippen LogP contribution < -0.4 is 27.1 Å². The van der Waals surface area contributed by atoms with Gasteiger partial charge in [0.05, 0.1) is 17.8 Å². The number of ether oxygens (including phenoxy) is 1. The minimum Gasteiger partial charge on any atom is -0.487 e. The summed E-state index contributed by atoms with van der Waals surface area (Å²) in [6.45, 7) is 4.93. The van der Waals surface area contributed by atoms with Gasteiger partial charge in [0.25, 0.3) is 0 Å². The number of hydrazine groups is 1. The van der Waals surface area contributed by atoms with Gasteiger partial charge in [-0.25, -0.2) is 11.7 Å². The predicted octanol–water partition coefficient (Wildman–Crippen LogP) is 5.36. The third kappa shape index (κ3) is 7.56. The number of nitrogens with zero attached hydrogens (tertiary/aromatic N) is 2. The van der Waals surface area contributed by atoms with Crippen molar-refractivity contribution in [1.29, 1.82) is 0 Å². The normalized spacial score (nSPS) is 17.8. The van der Waals surface area contributed by atoms with Crippen molar-refractivity contribution in [3.05, 3.63) is 105 Å². The Morgan fingerprint density at radius 1 is 1.09 bits per heavy atom. The number of halogens is 2. The number of fused-ring (bicyclic) bond motifs is 3. The molecule has 3 aromatic carbocycles. The largest absolute Gasteiger partial charge is 0.487 e. The zero-order chi connectivity index (χ0) is 33.0. The van der Waals surface area contributed by atoms with Crippen LogP contribution in [0.1, 0.15) is 49.6 Å². The number of anilines is 1. The van der Waals surface area contributed by atoms with Crippen LogP contribution in [0.4, 0.5) is 5.69 Å². The minimum absolute atomic E-state index is 0.0579. The second-order valence-electron chi connectivity index (χ2n) is 11.9. The number of nitrogens with one attached hydrogen (secondary N) is 1. The maximum atomic E-state index is 10.6. The molecule has 0 spiro atoms. The smallest absolute Gasteiger partial charge is 0.202 e. The van der Waals surface area contributed by atoms with Gasteiger partial charge in [0.2, 0.25) is 6.29 Å². The molecule has 0 bridgehead atoms. The van der Waals surface area contributed by atoms with E-state index in [-0.39, 0.29) is 18.6 Å². The van der Waals surface area contributed by atoms with E-state index in [1.54, 1.807) is 0 Å². The van der Waals surface area contributed by atoms with E-state index in [2.05, 4.69) is 26.9 Å². The second-order valence-corrected chi connectivity index (χ2v) is 12.7. The second kappa shape index (κ2) is 15.0. The quantitative estimate of drug-likeness (QED) is 0.0627. The fourth-order valence-corrected chi connectivity index (χ4v) is 6.34. The molecular formula is C34H42Cl2N6O4. The zero-order valence-electron chi connectivity index (χ0n) is 25.9. The van der Waals surface area contributed by atoms with Crippen molar-refractivity contribution in [2.75, 3.05) is 18.1 Å². The summed E-state index contributed by atoms with van der Waals surface area (Å²) in [6.07, 6.45) is 0.769. The van der Waals surface area contributed by atoms with Gasteiger partial charge in [0.15, 0.2) is 0 Å². The van der Waals surface area contributed by atoms with Crippen LogP contribution in [0.25, 0.3) is 10.9 Å². The Morgan fingerprint density at radius 2 is 1.78 bits per heavy atom. The molecule has 46 heavy (non-hydrogen) atoms. The molecule has 0 amide bonds. The summed E-state index contributed by atoms with van der Waals surface area (Å²) in [5, 5.41) is 24.3. The highest BCUT2D eigenvalue weighted by atomic mass is 35.5. The molecule has 1 aromatic heterocycles. The summed E-state index contributed by atoms with van der Waals surface area (Å²) < 4.78 is 5.99. The Balaban J connectivity index is 1.35. The lowest BCUT2D eigenvalue weighted by Crippen LogP contribution is -2.51. The standard InChI is InChI=1S/C34H42Cl2N6O4/c1-3-20(2)16-30(33(43)34(44)46-39)42(38)18-24(37)19-45-26-11-4-21(5-12-26)32-31-27(28-17-23(36)8-13-29(28)40-31)14-15-41(32)25-9-6-22(35)7-10-25/h4-13,17-18,20,30,32-34,40,43-44H,3,14-16,19,37-39H2,1-2H3/b24-18-. The summed E-state index contributed by atoms with van der Waals surface area (Å²) in [6, 6.07) is 21.0. The Bertz CT molecular complexity index is 1630. The molecule has 2 heterocycles. The fraction of sp³-hybridized carbons (Fsp3) is 0.353. The van der Waals surface area contributed by atoms with Crippen molar-refractivity contribution in [3.63, 3.8) is 0 Å². The molecule has 246 valence electrons. The van der Waals surface area contributed by atoms with Crippen LogP contribution >= 0.6 is 23.2 Å². The molecule has 5 unspecified atom stereocenters. The number of aliphatic hydroxyl groups is 2. The first kappa shape index (κ1) is 33.9. The highest BCUT2D eigenvalue weighted by Gasteiger charge is 2.33. The van der Waals surface area contributed by atoms with Crippen molar-refractivity contribution in [2.24, 2.45) is 23.4 Å². The van der Waals surface area contributed by atoms with Crippen LogP contribution in [-0.4, -0.2) is 51.8 Å². The first-order chi connectivity index (χ1) is 22.1. The SMILES string of the molecule is CCC(C)CC(C(O)C(O)ON)N(N)/C=C(\N)COc1ccc(C2c3[nH]c4ccc(Cl)cc4c3CCN2c2ccc(Cl)cc2)cc1. The Morgan fingerprint density at radius 3 is 2.46 bits per heavy atom. The summed E-state index contributed by atoms with van der Waals surface area (Å²) in [4.78, 5) is 10.5. The zero-order valence-corrected chi connectivity index (χ0v) is 27.5. The summed E-state index contributed by atoms with van der Waals surface area (Å²) in [5.41, 5.74) is 12.2. The van der Waals surface area contributed by atoms with Gasteiger partial charge >= 0.3 is 0 Å². The van der Waals surface area contributed by atoms with Gasteiger partial charge in [0.1, 0.15) is 18.5 Å². The first-order valence-electron chi connectivity index (χ1n) is 15.3. The number of aromatic amines is 1. The van der Waals surface area contributed by atoms with Gasteiger partial charge in [-0.15, -0.1) is 0 Å². The van der Waals surface area contributed by atoms with Crippen molar-refractivity contribution >= 4 is 39.8 Å². The molecule has 12 heteroatoms. The number of hydrogen-bond acceptors (Lipinski definition) is 9. The van der Waals surface area contributed by atoms with E-state index in [1.165, 1.54) is 16.8 Å². The monoisotopic (exact) mass is 668 g/mol. The lowest BCUT2D eigenvalue weighted by molar-refractivity contribution is -0.181. The Hall–Kier alpha value is -3.48. The van der Waals surface area contributed by atoms with Crippen molar-refractivity contribution in [3.8, 4) is 5.75 Å². The molecule has 1 aliphatic heterocycles. The maximum Gasteiger partial charge on any atom is 0.202 e. The van der Waals surface area contributed by atoms with Crippen molar-refractivity contribution < 1.29 is 19.8 Å². The van der Waals surface area contributed by atoms with Crippen molar-refractivity contribution in [1.82, 2.24) is 9.99 Å². The van der Waals surface area contributed by atoms with Gasteiger partial charge in [-0.3, -0.25) is 4.84 Å². The topological polar surface area (TPSA) is 159 Å². The fourth-order valence-electron chi connectivity index (χ4n) is 6.04. The van der Waals surface area contributed by atoms with Gasteiger partial charge in [-0.1, -0.05) is 55.6 Å². The number of hydrogen-bond donors (Lipinski definition) is 6. The van der Waals surface area contributed by atoms with Crippen LogP contribution in [0.3, 0.4) is 0 Å². The Kier molecular flexibility index (Phi) is 11.0. The molecular weight excluding hydrogens is 627 g/mol. The molecule has 1 aliphatic rings. The molecule has 4 aromatic rings. The average Bonchev–Trinajstić information content (AvgIpc) is 3.43. The van der Waals surface area contributed by atoms with Crippen molar-refractivity contribution in [2.45, 2.75) is 57.6 Å². The van der Waals surface area contributed by atoms with E-state index in [0.717, 1.165) is 47.2 Å². The molecule has 0 radical (unpaired) electrons. The molecule has 5 atom stereocenters. The third-order valence-corrected chi connectivity index (χ3v) is 9.20. The van der Waals surface area contributed by atoms with E-state index in [0.29, 0.717) is 27.9 Å². The molecule has 5 rings (SSSR count). The van der Waals surface area contributed by atoms with E-state index in [9.17, 15) is 10.2 Å². The summed E-state index contributed by atoms with van der Waals surface area (Å²) in [7, 11) is 0. The average molecular weight is 670 g/mol.